The number of nitrogens with zero attached hydrogens (tertiary/aromatic N) is 3. The molecule has 2 rings (SSSR count). The predicted molar refractivity (Wildman–Crippen MR) is 90.2 cm³/mol. The summed E-state index contributed by atoms with van der Waals surface area (Å²) in [6.45, 7) is 4.37. The number of alkyl halides is 1. The maximum Gasteiger partial charge on any atom is 0.341 e. The van der Waals surface area contributed by atoms with E-state index >= 15 is 0 Å². The Kier molecular flexibility index (Phi) is 5.67. The summed E-state index contributed by atoms with van der Waals surface area (Å²) in [4.78, 5) is 37.6. The van der Waals surface area contributed by atoms with Gasteiger partial charge in [-0.15, -0.1) is 11.6 Å². The van der Waals surface area contributed by atoms with Gasteiger partial charge in [0.1, 0.15) is 17.5 Å². The molecule has 0 spiro atoms. The highest BCUT2D eigenvalue weighted by molar-refractivity contribution is 6.33. The van der Waals surface area contributed by atoms with Gasteiger partial charge in [0.25, 0.3) is 0 Å². The average Bonchev–Trinajstić information content (AvgIpc) is 3.03. The third-order valence-corrected chi connectivity index (χ3v) is 4.31. The van der Waals surface area contributed by atoms with Gasteiger partial charge in [-0.05, 0) is 20.8 Å². The van der Waals surface area contributed by atoms with Crippen LogP contribution in [-0.4, -0.2) is 46.1 Å². The molecule has 0 fully saturated rings. The third kappa shape index (κ3) is 2.82. The molecule has 2 atom stereocenters. The van der Waals surface area contributed by atoms with Crippen LogP contribution in [0.3, 0.4) is 0 Å². The van der Waals surface area contributed by atoms with Crippen molar-refractivity contribution in [2.75, 3.05) is 18.5 Å². The zero-order valence-corrected chi connectivity index (χ0v) is 15.2. The van der Waals surface area contributed by atoms with E-state index in [4.69, 9.17) is 21.1 Å². The Hall–Kier alpha value is -2.86. The number of carbonyl (C=O) groups is 3. The first kappa shape index (κ1) is 19.5. The number of nitrogens with one attached hydrogen (secondary N) is 1. The van der Waals surface area contributed by atoms with Crippen LogP contribution in [0.25, 0.3) is 0 Å². The maximum atomic E-state index is 13.0. The van der Waals surface area contributed by atoms with E-state index < -0.39 is 28.6 Å². The van der Waals surface area contributed by atoms with E-state index in [9.17, 15) is 19.6 Å². The van der Waals surface area contributed by atoms with Crippen LogP contribution in [0.5, 0.6) is 0 Å². The van der Waals surface area contributed by atoms with Gasteiger partial charge in [0.15, 0.2) is 11.2 Å². The monoisotopic (exact) mass is 380 g/mol. The summed E-state index contributed by atoms with van der Waals surface area (Å²) in [7, 11) is 0. The van der Waals surface area contributed by atoms with E-state index in [1.54, 1.807) is 13.8 Å². The number of halogens is 1. The molecule has 0 bridgehead atoms. The zero-order valence-electron chi connectivity index (χ0n) is 14.4. The number of esters is 2. The molecule has 10 heteroatoms. The number of rotatable bonds is 6. The van der Waals surface area contributed by atoms with Crippen molar-refractivity contribution < 1.29 is 23.9 Å². The lowest BCUT2D eigenvalue weighted by atomic mass is 9.82. The van der Waals surface area contributed by atoms with Crippen molar-refractivity contribution >= 4 is 35.1 Å². The first-order valence-electron chi connectivity index (χ1n) is 7.80. The molecule has 0 saturated carbocycles. The molecule has 2 unspecified atom stereocenters. The van der Waals surface area contributed by atoms with Gasteiger partial charge in [-0.25, -0.2) is 9.48 Å². The Bertz CT molecular complexity index is 825. The summed E-state index contributed by atoms with van der Waals surface area (Å²) in [5.74, 6) is -2.29. The first-order chi connectivity index (χ1) is 12.4. The molecule has 1 aromatic rings. The molecule has 1 aliphatic rings. The smallest absolute Gasteiger partial charge is 0.341 e. The molecule has 9 nitrogen and oxygen atoms in total. The Balaban J connectivity index is 2.81. The van der Waals surface area contributed by atoms with Gasteiger partial charge < -0.3 is 14.8 Å². The Labute approximate surface area is 154 Å². The van der Waals surface area contributed by atoms with Crippen LogP contribution in [0, 0.1) is 11.3 Å². The number of ether oxygens (including phenoxy) is 2. The van der Waals surface area contributed by atoms with Crippen LogP contribution in [0.4, 0.5) is 5.82 Å². The highest BCUT2D eigenvalue weighted by Gasteiger charge is 2.59. The fraction of sp³-hybridized carbons (Fsp3) is 0.438. The van der Waals surface area contributed by atoms with Crippen molar-refractivity contribution in [1.29, 1.82) is 5.26 Å². The van der Waals surface area contributed by atoms with E-state index in [1.165, 1.54) is 19.3 Å². The molecule has 0 saturated heterocycles. The SMILES string of the molecule is CCOC(=O)C(Cl)C1(C(=O)OCC)C(C(C)=O)=CNc2c(C#N)cnn21. The molecule has 138 valence electrons. The van der Waals surface area contributed by atoms with Crippen molar-refractivity contribution in [3.63, 3.8) is 0 Å². The Morgan fingerprint density at radius 1 is 1.38 bits per heavy atom. The largest absolute Gasteiger partial charge is 0.465 e. The van der Waals surface area contributed by atoms with Crippen LogP contribution in [0.2, 0.25) is 0 Å². The third-order valence-electron chi connectivity index (χ3n) is 3.81. The van der Waals surface area contributed by atoms with Gasteiger partial charge in [0.05, 0.1) is 25.0 Å². The summed E-state index contributed by atoms with van der Waals surface area (Å²) >= 11 is 6.36. The van der Waals surface area contributed by atoms with Gasteiger partial charge >= 0.3 is 11.9 Å². The van der Waals surface area contributed by atoms with Crippen molar-refractivity contribution in [3.05, 3.63) is 23.5 Å². The fourth-order valence-corrected chi connectivity index (χ4v) is 3.10. The van der Waals surface area contributed by atoms with E-state index in [1.807, 2.05) is 6.07 Å². The van der Waals surface area contributed by atoms with Crippen molar-refractivity contribution in [1.82, 2.24) is 9.78 Å². The molecule has 0 aliphatic carbocycles. The van der Waals surface area contributed by atoms with Gasteiger partial charge in [0.2, 0.25) is 5.54 Å². The van der Waals surface area contributed by atoms with Gasteiger partial charge in [0, 0.05) is 6.20 Å². The summed E-state index contributed by atoms with van der Waals surface area (Å²) < 4.78 is 11.1. The van der Waals surface area contributed by atoms with Crippen molar-refractivity contribution in [2.45, 2.75) is 31.7 Å². The fourth-order valence-electron chi connectivity index (χ4n) is 2.74. The summed E-state index contributed by atoms with van der Waals surface area (Å²) in [5, 5.41) is 14.4. The lowest BCUT2D eigenvalue weighted by Gasteiger charge is -2.38. The van der Waals surface area contributed by atoms with Crippen LogP contribution in [0.1, 0.15) is 26.3 Å². The standard InChI is InChI=1S/C16H17ClN4O5/c1-4-25-14(23)12(17)16(15(24)26-5-2)11(9(3)22)8-19-13-10(6-18)7-20-21(13)16/h7-8,12,19H,4-5H2,1-3H3. The number of Topliss-reactive ketones (excluding diaryl/α,β-unsaturated/α-hetero) is 1. The molecule has 1 aliphatic heterocycles. The minimum absolute atomic E-state index is 0.0205. The van der Waals surface area contributed by atoms with Gasteiger partial charge in [-0.2, -0.15) is 10.4 Å². The van der Waals surface area contributed by atoms with Crippen LogP contribution < -0.4 is 5.32 Å². The second-order valence-electron chi connectivity index (χ2n) is 5.29. The minimum atomic E-state index is -2.11. The zero-order chi connectivity index (χ0) is 19.5. The molecule has 1 N–H and O–H groups in total. The highest BCUT2D eigenvalue weighted by atomic mass is 35.5. The number of anilines is 1. The lowest BCUT2D eigenvalue weighted by molar-refractivity contribution is -0.159. The molecular weight excluding hydrogens is 364 g/mol. The molecule has 0 aromatic carbocycles. The highest BCUT2D eigenvalue weighted by Crippen LogP contribution is 2.41. The summed E-state index contributed by atoms with van der Waals surface area (Å²) in [6.07, 6.45) is 2.42. The Morgan fingerprint density at radius 3 is 2.58 bits per heavy atom. The first-order valence-corrected chi connectivity index (χ1v) is 8.24. The second kappa shape index (κ2) is 7.58. The summed E-state index contributed by atoms with van der Waals surface area (Å²) in [6, 6.07) is 1.91. The number of ketones is 1. The minimum Gasteiger partial charge on any atom is -0.465 e. The molecule has 1 aromatic heterocycles. The number of aromatic nitrogens is 2. The number of hydrogen-bond donors (Lipinski definition) is 1. The lowest BCUT2D eigenvalue weighted by Crippen LogP contribution is -2.58. The molecule has 0 amide bonds. The Morgan fingerprint density at radius 2 is 2.04 bits per heavy atom. The number of hydrogen-bond acceptors (Lipinski definition) is 8. The van der Waals surface area contributed by atoms with E-state index in [2.05, 4.69) is 10.4 Å². The quantitative estimate of drug-likeness (QED) is 0.574. The maximum absolute atomic E-state index is 13.0. The number of carbonyl (C=O) groups excluding carboxylic acids is 3. The molecule has 26 heavy (non-hydrogen) atoms. The second-order valence-corrected chi connectivity index (χ2v) is 5.73. The van der Waals surface area contributed by atoms with E-state index in [-0.39, 0.29) is 30.2 Å². The van der Waals surface area contributed by atoms with E-state index in [0.29, 0.717) is 0 Å². The number of fused-ring (bicyclic) bond motifs is 1. The summed E-state index contributed by atoms with van der Waals surface area (Å²) in [5.41, 5.74) is -2.14. The van der Waals surface area contributed by atoms with Crippen molar-refractivity contribution in [3.8, 4) is 6.07 Å². The molecule has 2 heterocycles. The topological polar surface area (TPSA) is 123 Å². The molecular formula is C16H17ClN4O5. The van der Waals surface area contributed by atoms with Gasteiger partial charge in [-0.3, -0.25) is 9.59 Å². The molecule has 0 radical (unpaired) electrons. The van der Waals surface area contributed by atoms with Crippen LogP contribution in [-0.2, 0) is 29.4 Å². The van der Waals surface area contributed by atoms with Gasteiger partial charge in [-0.1, -0.05) is 0 Å². The number of nitriles is 1. The van der Waals surface area contributed by atoms with Crippen LogP contribution >= 0.6 is 11.6 Å². The van der Waals surface area contributed by atoms with E-state index in [0.717, 1.165) is 4.68 Å². The average molecular weight is 381 g/mol. The van der Waals surface area contributed by atoms with Crippen LogP contribution in [0.15, 0.2) is 18.0 Å². The predicted octanol–water partition coefficient (Wildman–Crippen LogP) is 1.08. The van der Waals surface area contributed by atoms with Crippen molar-refractivity contribution in [2.24, 2.45) is 0 Å². The normalized spacial score (nSPS) is 19.3.